The van der Waals surface area contributed by atoms with Gasteiger partial charge in [-0.05, 0) is 29.3 Å². The number of aromatic nitrogens is 4. The van der Waals surface area contributed by atoms with Crippen molar-refractivity contribution in [2.24, 2.45) is 0 Å². The van der Waals surface area contributed by atoms with Crippen LogP contribution >= 0.6 is 0 Å². The maximum Gasteiger partial charge on any atom is 0.330 e. The van der Waals surface area contributed by atoms with E-state index in [2.05, 4.69) is 55.0 Å². The Labute approximate surface area is 301 Å². The number of nitrogens with zero attached hydrogens (tertiary/aromatic N) is 2. The van der Waals surface area contributed by atoms with Gasteiger partial charge in [-0.25, -0.2) is 9.59 Å². The Morgan fingerprint density at radius 3 is 1.79 bits per heavy atom. The van der Waals surface area contributed by atoms with Gasteiger partial charge in [-0.15, -0.1) is 0 Å². The lowest BCUT2D eigenvalue weighted by molar-refractivity contribution is -0.185. The number of hydrogen-bond acceptors (Lipinski definition) is 10. The first-order valence-electron chi connectivity index (χ1n) is 17.4. The zero-order chi connectivity index (χ0) is 37.2. The molecule has 0 spiro atoms. The topological polar surface area (TPSA) is 176 Å². The lowest BCUT2D eigenvalue weighted by Crippen LogP contribution is -2.67. The molecule has 4 heterocycles. The zero-order valence-corrected chi connectivity index (χ0v) is 30.9. The monoisotopic (exact) mass is 734 g/mol. The maximum atomic E-state index is 12.9. The van der Waals surface area contributed by atoms with Gasteiger partial charge in [0.15, 0.2) is 6.29 Å². The Kier molecular flexibility index (Phi) is 11.1. The van der Waals surface area contributed by atoms with Crippen molar-refractivity contribution in [3.8, 4) is 0 Å². The fraction of sp³-hybridized carbons (Fsp3) is 0.459. The summed E-state index contributed by atoms with van der Waals surface area (Å²) >= 11 is 0. The van der Waals surface area contributed by atoms with Crippen LogP contribution in [0.3, 0.4) is 0 Å². The number of H-pyrrole nitrogens is 2. The van der Waals surface area contributed by atoms with E-state index in [1.54, 1.807) is 13.8 Å². The van der Waals surface area contributed by atoms with Gasteiger partial charge in [0.05, 0.1) is 25.9 Å². The van der Waals surface area contributed by atoms with Crippen molar-refractivity contribution in [2.75, 3.05) is 19.8 Å². The van der Waals surface area contributed by atoms with Crippen molar-refractivity contribution < 1.29 is 28.5 Å². The molecule has 6 rings (SSSR count). The van der Waals surface area contributed by atoms with E-state index in [4.69, 9.17) is 23.4 Å². The van der Waals surface area contributed by atoms with Gasteiger partial charge in [0.1, 0.15) is 24.7 Å². The molecule has 3 N–H and O–H groups in total. The van der Waals surface area contributed by atoms with Crippen molar-refractivity contribution in [1.29, 1.82) is 0 Å². The summed E-state index contributed by atoms with van der Waals surface area (Å²) in [6, 6.07) is 20.5. The van der Waals surface area contributed by atoms with Crippen LogP contribution in [0.15, 0.2) is 92.2 Å². The van der Waals surface area contributed by atoms with Crippen LogP contribution in [0.4, 0.5) is 0 Å². The molecule has 1 unspecified atom stereocenters. The van der Waals surface area contributed by atoms with Crippen molar-refractivity contribution in [1.82, 2.24) is 19.1 Å². The minimum absolute atomic E-state index is 0.0369. The molecule has 2 aromatic heterocycles. The van der Waals surface area contributed by atoms with Crippen LogP contribution in [-0.4, -0.2) is 76.9 Å². The predicted octanol–water partition coefficient (Wildman–Crippen LogP) is 1.58. The van der Waals surface area contributed by atoms with E-state index in [1.807, 2.05) is 36.4 Å². The zero-order valence-electron chi connectivity index (χ0n) is 29.9. The molecule has 0 bridgehead atoms. The van der Waals surface area contributed by atoms with E-state index >= 15 is 0 Å². The number of nitrogens with one attached hydrogen (secondary N) is 2. The van der Waals surface area contributed by atoms with E-state index in [1.165, 1.54) is 21.5 Å². The summed E-state index contributed by atoms with van der Waals surface area (Å²) in [5.41, 5.74) is -1.48. The third kappa shape index (κ3) is 7.62. The molecule has 2 fully saturated rings. The molecule has 52 heavy (non-hydrogen) atoms. The second kappa shape index (κ2) is 15.4. The van der Waals surface area contributed by atoms with Crippen LogP contribution in [0.25, 0.3) is 0 Å². The second-order valence-electron chi connectivity index (χ2n) is 14.3. The number of ether oxygens (including phenoxy) is 4. The van der Waals surface area contributed by atoms with Crippen molar-refractivity contribution >= 4 is 18.7 Å². The molecule has 2 aliphatic heterocycles. The molecular weight excluding hydrogens is 689 g/mol. The SMILES string of the molecule is Cc1cn([C@H]2CC(O)[C@@H](OCCO[C@H]3C[C@H](n4cc(C)c(=O)[nH]c4=O)O[C@@H]3CO[Si](c3ccccc3)(c3ccccc3)C(C)(C)C)O2)c(=O)[nH]c1=O. The normalized spacial score (nSPS) is 23.7. The van der Waals surface area contributed by atoms with Gasteiger partial charge in [0.25, 0.3) is 19.4 Å². The van der Waals surface area contributed by atoms with Gasteiger partial charge < -0.3 is 28.5 Å². The molecule has 0 saturated carbocycles. The molecule has 14 nitrogen and oxygen atoms in total. The highest BCUT2D eigenvalue weighted by Gasteiger charge is 2.51. The number of aliphatic hydroxyl groups is 1. The Bertz CT molecular complexity index is 2040. The van der Waals surface area contributed by atoms with Crippen molar-refractivity contribution in [3.63, 3.8) is 0 Å². The Hall–Kier alpha value is -4.22. The van der Waals surface area contributed by atoms with E-state index < -0.39 is 67.9 Å². The number of rotatable bonds is 12. The molecule has 15 heteroatoms. The fourth-order valence-electron chi connectivity index (χ4n) is 7.08. The number of aromatic amines is 2. The predicted molar refractivity (Wildman–Crippen MR) is 194 cm³/mol. The smallest absolute Gasteiger partial charge is 0.330 e. The Morgan fingerprint density at radius 1 is 0.769 bits per heavy atom. The summed E-state index contributed by atoms with van der Waals surface area (Å²) in [5, 5.41) is 12.6. The molecule has 0 amide bonds. The minimum Gasteiger partial charge on any atom is -0.405 e. The standard InChI is InChI=1S/C37H46N4O10Si/c1-23-20-40(35(45)38-32(23)43)30-18-27(42)34(51-30)48-17-16-47-28-19-31(41-21-24(2)33(44)39-36(41)46)50-29(28)22-49-52(37(3,4)5,25-12-8-6-9-13-25)26-14-10-7-11-15-26/h6-15,20-21,27-31,34,42H,16-19,22H2,1-5H3,(H,38,43,45)(H,39,44,46)/t27?,28-,29+,30+,31+,34-/m0/s1. The molecule has 2 aliphatic rings. The summed E-state index contributed by atoms with van der Waals surface area (Å²) in [6.07, 6.45) is -1.48. The van der Waals surface area contributed by atoms with Crippen LogP contribution in [0.5, 0.6) is 0 Å². The van der Waals surface area contributed by atoms with Crippen LogP contribution in [0.2, 0.25) is 5.04 Å². The molecule has 6 atom stereocenters. The minimum atomic E-state index is -2.95. The van der Waals surface area contributed by atoms with Gasteiger partial charge in [-0.3, -0.25) is 28.7 Å². The van der Waals surface area contributed by atoms with Crippen molar-refractivity contribution in [2.45, 2.75) is 89.6 Å². The average molecular weight is 735 g/mol. The molecule has 0 radical (unpaired) electrons. The molecule has 2 saturated heterocycles. The van der Waals surface area contributed by atoms with Gasteiger partial charge in [-0.2, -0.15) is 0 Å². The van der Waals surface area contributed by atoms with Crippen LogP contribution < -0.4 is 32.9 Å². The van der Waals surface area contributed by atoms with E-state index in [0.29, 0.717) is 17.5 Å². The summed E-state index contributed by atoms with van der Waals surface area (Å²) < 4.78 is 34.3. The van der Waals surface area contributed by atoms with Gasteiger partial charge in [0, 0.05) is 36.4 Å². The quantitative estimate of drug-likeness (QED) is 0.143. The summed E-state index contributed by atoms with van der Waals surface area (Å²) in [5.74, 6) is 0. The number of benzene rings is 2. The van der Waals surface area contributed by atoms with E-state index in [-0.39, 0.29) is 31.3 Å². The first-order valence-corrected chi connectivity index (χ1v) is 19.3. The molecule has 4 aromatic rings. The summed E-state index contributed by atoms with van der Waals surface area (Å²) in [6.45, 7) is 10.0. The molecular formula is C37H46N4O10Si. The summed E-state index contributed by atoms with van der Waals surface area (Å²) in [4.78, 5) is 53.8. The second-order valence-corrected chi connectivity index (χ2v) is 18.6. The molecule has 2 aromatic carbocycles. The van der Waals surface area contributed by atoms with Crippen LogP contribution in [-0.2, 0) is 23.4 Å². The van der Waals surface area contributed by atoms with Gasteiger partial charge >= 0.3 is 11.4 Å². The summed E-state index contributed by atoms with van der Waals surface area (Å²) in [7, 11) is -2.95. The number of aryl methyl sites for hydroxylation is 2. The lowest BCUT2D eigenvalue weighted by Gasteiger charge is -2.43. The van der Waals surface area contributed by atoms with E-state index in [9.17, 15) is 24.3 Å². The Balaban J connectivity index is 1.20. The fourth-order valence-corrected chi connectivity index (χ4v) is 11.6. The number of aliphatic hydroxyl groups excluding tert-OH is 1. The average Bonchev–Trinajstić information content (AvgIpc) is 3.69. The highest BCUT2D eigenvalue weighted by molar-refractivity contribution is 6.99. The highest BCUT2D eigenvalue weighted by atomic mass is 28.4. The van der Waals surface area contributed by atoms with Gasteiger partial charge in [0.2, 0.25) is 0 Å². The first-order chi connectivity index (χ1) is 24.8. The first kappa shape index (κ1) is 37.5. The van der Waals surface area contributed by atoms with Crippen LogP contribution in [0, 0.1) is 13.8 Å². The van der Waals surface area contributed by atoms with Gasteiger partial charge in [-0.1, -0.05) is 81.4 Å². The maximum absolute atomic E-state index is 12.9. The Morgan fingerprint density at radius 2 is 1.27 bits per heavy atom. The lowest BCUT2D eigenvalue weighted by atomic mass is 10.2. The third-order valence-corrected chi connectivity index (χ3v) is 14.7. The highest BCUT2D eigenvalue weighted by Crippen LogP contribution is 2.38. The van der Waals surface area contributed by atoms with E-state index in [0.717, 1.165) is 10.4 Å². The largest absolute Gasteiger partial charge is 0.405 e. The molecule has 0 aliphatic carbocycles. The molecule has 278 valence electrons. The van der Waals surface area contributed by atoms with Crippen LogP contribution in [0.1, 0.15) is 57.2 Å². The third-order valence-electron chi connectivity index (χ3n) is 9.72. The number of hydrogen-bond donors (Lipinski definition) is 3. The van der Waals surface area contributed by atoms with Crippen molar-refractivity contribution in [3.05, 3.63) is 126 Å².